The highest BCUT2D eigenvalue weighted by Gasteiger charge is 2.25. The maximum atomic E-state index is 12.7. The third-order valence-corrected chi connectivity index (χ3v) is 5.55. The Morgan fingerprint density at radius 3 is 2.50 bits per heavy atom. The molecule has 9 nitrogen and oxygen atoms in total. The summed E-state index contributed by atoms with van der Waals surface area (Å²) < 4.78 is 11.1. The largest absolute Gasteiger partial charge is 0.493 e. The summed E-state index contributed by atoms with van der Waals surface area (Å²) in [7, 11) is 1.43. The van der Waals surface area contributed by atoms with Crippen molar-refractivity contribution in [2.24, 2.45) is 16.8 Å². The molecule has 0 bridgehead atoms. The Hall–Kier alpha value is -2.82. The van der Waals surface area contributed by atoms with Crippen LogP contribution in [-0.2, 0) is 9.59 Å². The molecule has 0 aliphatic rings. The normalized spacial score (nSPS) is 11.9. The number of carbonyl (C=O) groups is 3. The molecule has 2 rings (SSSR count). The molecule has 0 spiro atoms. The number of hydrogen-bond acceptors (Lipinski definition) is 6. The number of halogens is 3. The smallest absolute Gasteiger partial charge is 0.262 e. The summed E-state index contributed by atoms with van der Waals surface area (Å²) in [5.74, 6) is -1.27. The van der Waals surface area contributed by atoms with Crippen LogP contribution >= 0.6 is 39.1 Å². The van der Waals surface area contributed by atoms with Crippen molar-refractivity contribution in [2.75, 3.05) is 13.7 Å². The van der Waals surface area contributed by atoms with Crippen LogP contribution in [0.3, 0.4) is 0 Å². The highest BCUT2D eigenvalue weighted by atomic mass is 79.9. The number of methoxy groups -OCH3 is 1. The van der Waals surface area contributed by atoms with Gasteiger partial charge in [0.2, 0.25) is 0 Å². The highest BCUT2D eigenvalue weighted by Crippen LogP contribution is 2.36. The zero-order valence-electron chi connectivity index (χ0n) is 18.5. The van der Waals surface area contributed by atoms with Gasteiger partial charge in [0, 0.05) is 5.02 Å². The SMILES string of the molecule is COc1cc(C=NNC(=O)C(NC(=O)c2ccc(Cl)cc2Cl)C(C)C)cc(Br)c1OCC(N)=O. The Morgan fingerprint density at radius 2 is 1.91 bits per heavy atom. The van der Waals surface area contributed by atoms with Gasteiger partial charge in [-0.25, -0.2) is 5.43 Å². The van der Waals surface area contributed by atoms with E-state index in [0.29, 0.717) is 26.6 Å². The van der Waals surface area contributed by atoms with Gasteiger partial charge in [0.1, 0.15) is 6.04 Å². The second kappa shape index (κ2) is 12.6. The van der Waals surface area contributed by atoms with Gasteiger partial charge in [0.25, 0.3) is 17.7 Å². The fraction of sp³-hybridized carbons (Fsp3) is 0.273. The van der Waals surface area contributed by atoms with E-state index in [-0.39, 0.29) is 23.1 Å². The molecule has 0 aliphatic heterocycles. The molecule has 0 saturated carbocycles. The number of rotatable bonds is 10. The van der Waals surface area contributed by atoms with E-state index in [1.165, 1.54) is 31.5 Å². The maximum Gasteiger partial charge on any atom is 0.262 e. The standard InChI is InChI=1S/C22H23BrCl2N4O5/c1-11(2)19(28-21(31)14-5-4-13(24)8-16(14)25)22(32)29-27-9-12-6-15(23)20(17(7-12)33-3)34-10-18(26)30/h4-9,11,19H,10H2,1-3H3,(H2,26,30)(H,28,31)(H,29,32). The van der Waals surface area contributed by atoms with Gasteiger partial charge in [0.15, 0.2) is 18.1 Å². The molecular formula is C22H23BrCl2N4O5. The molecule has 0 saturated heterocycles. The summed E-state index contributed by atoms with van der Waals surface area (Å²) in [5, 5.41) is 7.20. The lowest BCUT2D eigenvalue weighted by Crippen LogP contribution is -2.48. The summed E-state index contributed by atoms with van der Waals surface area (Å²) in [6.07, 6.45) is 1.39. The van der Waals surface area contributed by atoms with Crippen molar-refractivity contribution >= 4 is 63.1 Å². The first-order chi connectivity index (χ1) is 16.0. The van der Waals surface area contributed by atoms with Gasteiger partial charge in [-0.1, -0.05) is 37.0 Å². The minimum absolute atomic E-state index is 0.175. The van der Waals surface area contributed by atoms with Gasteiger partial charge in [-0.15, -0.1) is 0 Å². The Labute approximate surface area is 215 Å². The van der Waals surface area contributed by atoms with Crippen LogP contribution in [0.4, 0.5) is 0 Å². The minimum Gasteiger partial charge on any atom is -0.493 e. The molecule has 3 amide bonds. The number of nitrogens with two attached hydrogens (primary N) is 1. The first kappa shape index (κ1) is 27.4. The number of ether oxygens (including phenoxy) is 2. The topological polar surface area (TPSA) is 132 Å². The first-order valence-electron chi connectivity index (χ1n) is 9.91. The number of hydrazone groups is 1. The maximum absolute atomic E-state index is 12.7. The van der Waals surface area contributed by atoms with Gasteiger partial charge in [-0.2, -0.15) is 5.10 Å². The van der Waals surface area contributed by atoms with E-state index >= 15 is 0 Å². The van der Waals surface area contributed by atoms with Crippen LogP contribution in [0.1, 0.15) is 29.8 Å². The fourth-order valence-corrected chi connectivity index (χ4v) is 3.83. The second-order valence-electron chi connectivity index (χ2n) is 7.34. The summed E-state index contributed by atoms with van der Waals surface area (Å²) in [4.78, 5) is 36.3. The zero-order valence-corrected chi connectivity index (χ0v) is 21.6. The molecule has 2 aromatic rings. The van der Waals surface area contributed by atoms with E-state index in [9.17, 15) is 14.4 Å². The van der Waals surface area contributed by atoms with E-state index in [4.69, 9.17) is 38.4 Å². The van der Waals surface area contributed by atoms with Gasteiger partial charge in [0.05, 0.1) is 28.4 Å². The molecule has 1 unspecified atom stereocenters. The van der Waals surface area contributed by atoms with E-state index in [0.717, 1.165) is 0 Å². The van der Waals surface area contributed by atoms with Crippen LogP contribution in [-0.4, -0.2) is 43.7 Å². The quantitative estimate of drug-likeness (QED) is 0.295. The second-order valence-corrected chi connectivity index (χ2v) is 9.04. The minimum atomic E-state index is -0.873. The molecule has 0 heterocycles. The Kier molecular flexibility index (Phi) is 10.2. The Balaban J connectivity index is 2.11. The number of carbonyl (C=O) groups excluding carboxylic acids is 3. The molecule has 0 radical (unpaired) electrons. The lowest BCUT2D eigenvalue weighted by atomic mass is 10.0. The highest BCUT2D eigenvalue weighted by molar-refractivity contribution is 9.10. The molecule has 2 aromatic carbocycles. The molecule has 12 heteroatoms. The molecule has 34 heavy (non-hydrogen) atoms. The van der Waals surface area contributed by atoms with Crippen LogP contribution in [0.15, 0.2) is 39.9 Å². The summed E-state index contributed by atoms with van der Waals surface area (Å²) in [6, 6.07) is 6.84. The van der Waals surface area contributed by atoms with Crippen molar-refractivity contribution in [3.63, 3.8) is 0 Å². The molecule has 0 aromatic heterocycles. The third kappa shape index (κ3) is 7.61. The molecule has 0 fully saturated rings. The Bertz CT molecular complexity index is 1110. The third-order valence-electron chi connectivity index (χ3n) is 4.41. The molecular weight excluding hydrogens is 551 g/mol. The van der Waals surface area contributed by atoms with E-state index < -0.39 is 23.8 Å². The van der Waals surface area contributed by atoms with Crippen molar-refractivity contribution in [1.82, 2.24) is 10.7 Å². The van der Waals surface area contributed by atoms with Crippen LogP contribution in [0.25, 0.3) is 0 Å². The summed E-state index contributed by atoms with van der Waals surface area (Å²) in [5.41, 5.74) is 8.29. The molecule has 182 valence electrons. The van der Waals surface area contributed by atoms with E-state index in [1.54, 1.807) is 26.0 Å². The number of amides is 3. The number of hydrogen-bond donors (Lipinski definition) is 3. The van der Waals surface area contributed by atoms with Crippen LogP contribution < -0.4 is 25.9 Å². The van der Waals surface area contributed by atoms with Gasteiger partial charge in [-0.05, 0) is 57.7 Å². The van der Waals surface area contributed by atoms with Crippen molar-refractivity contribution in [3.8, 4) is 11.5 Å². The number of nitrogens with zero attached hydrogens (tertiary/aromatic N) is 1. The van der Waals surface area contributed by atoms with Gasteiger partial charge >= 0.3 is 0 Å². The molecule has 4 N–H and O–H groups in total. The first-order valence-corrected chi connectivity index (χ1v) is 11.5. The van der Waals surface area contributed by atoms with Crippen LogP contribution in [0, 0.1) is 5.92 Å². The number of nitrogens with one attached hydrogen (secondary N) is 2. The predicted molar refractivity (Wildman–Crippen MR) is 134 cm³/mol. The number of benzene rings is 2. The average Bonchev–Trinajstić information content (AvgIpc) is 2.75. The average molecular weight is 574 g/mol. The fourth-order valence-electron chi connectivity index (χ4n) is 2.77. The molecule has 1 atom stereocenters. The van der Waals surface area contributed by atoms with Crippen LogP contribution in [0.2, 0.25) is 10.0 Å². The molecule has 0 aliphatic carbocycles. The lowest BCUT2D eigenvalue weighted by molar-refractivity contribution is -0.124. The predicted octanol–water partition coefficient (Wildman–Crippen LogP) is 3.53. The number of primary amides is 1. The van der Waals surface area contributed by atoms with Gasteiger partial charge < -0.3 is 20.5 Å². The monoisotopic (exact) mass is 572 g/mol. The van der Waals surface area contributed by atoms with Crippen molar-refractivity contribution in [2.45, 2.75) is 19.9 Å². The van der Waals surface area contributed by atoms with Crippen molar-refractivity contribution < 1.29 is 23.9 Å². The van der Waals surface area contributed by atoms with Crippen molar-refractivity contribution in [1.29, 1.82) is 0 Å². The van der Waals surface area contributed by atoms with E-state index in [1.807, 2.05) is 0 Å². The Morgan fingerprint density at radius 1 is 1.21 bits per heavy atom. The summed E-state index contributed by atoms with van der Waals surface area (Å²) >= 11 is 15.3. The lowest BCUT2D eigenvalue weighted by Gasteiger charge is -2.20. The summed E-state index contributed by atoms with van der Waals surface area (Å²) in [6.45, 7) is 3.25. The zero-order chi connectivity index (χ0) is 25.4. The van der Waals surface area contributed by atoms with Gasteiger partial charge in [-0.3, -0.25) is 14.4 Å². The van der Waals surface area contributed by atoms with Crippen molar-refractivity contribution in [3.05, 3.63) is 56.0 Å². The van der Waals surface area contributed by atoms with Crippen LogP contribution in [0.5, 0.6) is 11.5 Å². The van der Waals surface area contributed by atoms with E-state index in [2.05, 4.69) is 31.8 Å².